The van der Waals surface area contributed by atoms with E-state index in [1.54, 1.807) is 22.6 Å². The first-order valence-corrected chi connectivity index (χ1v) is 4.80. The summed E-state index contributed by atoms with van der Waals surface area (Å²) in [6.45, 7) is 0.0392. The Labute approximate surface area is 92.8 Å². The van der Waals surface area contributed by atoms with Crippen molar-refractivity contribution in [2.45, 2.75) is 13.0 Å². The van der Waals surface area contributed by atoms with Crippen LogP contribution in [0.25, 0.3) is 0 Å². The lowest BCUT2D eigenvalue weighted by molar-refractivity contribution is 0.111. The van der Waals surface area contributed by atoms with Crippen LogP contribution in [0.15, 0.2) is 6.07 Å². The fourth-order valence-electron chi connectivity index (χ4n) is 0.968. The van der Waals surface area contributed by atoms with Crippen molar-refractivity contribution in [3.8, 4) is 0 Å². The van der Waals surface area contributed by atoms with E-state index in [4.69, 9.17) is 5.73 Å². The van der Waals surface area contributed by atoms with Gasteiger partial charge in [-0.3, -0.25) is 4.79 Å². The average Bonchev–Trinajstić information content (AvgIpc) is 2.17. The summed E-state index contributed by atoms with van der Waals surface area (Å²) in [5, 5.41) is 0. The molecule has 0 aromatic carbocycles. The predicted octanol–water partition coefficient (Wildman–Crippen LogP) is 1.89. The third-order valence-electron chi connectivity index (χ3n) is 1.62. The molecule has 0 amide bonds. The summed E-state index contributed by atoms with van der Waals surface area (Å²) in [5.41, 5.74) is 5.39. The van der Waals surface area contributed by atoms with Crippen molar-refractivity contribution in [2.24, 2.45) is 5.73 Å². The monoisotopic (exact) mass is 312 g/mol. The Kier molecular flexibility index (Phi) is 3.87. The number of pyridine rings is 1. The van der Waals surface area contributed by atoms with Gasteiger partial charge in [-0.25, -0.2) is 13.8 Å². The molecule has 1 rings (SSSR count). The molecular weight excluding hydrogens is 305 g/mol. The molecule has 2 N–H and O–H groups in total. The number of aromatic nitrogens is 1. The van der Waals surface area contributed by atoms with Crippen LogP contribution in [-0.2, 0) is 6.54 Å². The van der Waals surface area contributed by atoms with Gasteiger partial charge in [0.15, 0.2) is 6.29 Å². The van der Waals surface area contributed by atoms with Gasteiger partial charge in [-0.2, -0.15) is 0 Å². The minimum Gasteiger partial charge on any atom is -0.325 e. The molecule has 0 aliphatic rings. The van der Waals surface area contributed by atoms with Crippen LogP contribution in [0.2, 0.25) is 0 Å². The van der Waals surface area contributed by atoms with Crippen molar-refractivity contribution in [1.29, 1.82) is 0 Å². The first-order chi connectivity index (χ1) is 6.60. The van der Waals surface area contributed by atoms with Crippen LogP contribution in [0.1, 0.15) is 28.2 Å². The molecule has 3 nitrogen and oxygen atoms in total. The third kappa shape index (κ3) is 2.24. The van der Waals surface area contributed by atoms with E-state index >= 15 is 0 Å². The first-order valence-electron chi connectivity index (χ1n) is 3.72. The Morgan fingerprint density at radius 2 is 2.29 bits per heavy atom. The predicted molar refractivity (Wildman–Crippen MR) is 55.2 cm³/mol. The van der Waals surface area contributed by atoms with Gasteiger partial charge in [0.25, 0.3) is 6.43 Å². The highest BCUT2D eigenvalue weighted by atomic mass is 127. The number of hydrogen-bond acceptors (Lipinski definition) is 3. The van der Waals surface area contributed by atoms with Gasteiger partial charge < -0.3 is 5.73 Å². The van der Waals surface area contributed by atoms with E-state index < -0.39 is 6.43 Å². The van der Waals surface area contributed by atoms with E-state index in [-0.39, 0.29) is 21.4 Å². The topological polar surface area (TPSA) is 56.0 Å². The highest BCUT2D eigenvalue weighted by Gasteiger charge is 2.16. The van der Waals surface area contributed by atoms with Crippen LogP contribution in [0, 0.1) is 3.57 Å². The zero-order chi connectivity index (χ0) is 10.7. The zero-order valence-corrected chi connectivity index (χ0v) is 9.16. The smallest absolute Gasteiger partial charge is 0.265 e. The molecule has 0 bridgehead atoms. The Balaban J connectivity index is 3.34. The van der Waals surface area contributed by atoms with E-state index in [0.717, 1.165) is 0 Å². The van der Waals surface area contributed by atoms with E-state index in [9.17, 15) is 13.6 Å². The summed E-state index contributed by atoms with van der Waals surface area (Å²) in [7, 11) is 0. The van der Waals surface area contributed by atoms with Crippen molar-refractivity contribution in [3.05, 3.63) is 26.6 Å². The fourth-order valence-corrected chi connectivity index (χ4v) is 1.61. The van der Waals surface area contributed by atoms with Crippen molar-refractivity contribution < 1.29 is 13.6 Å². The van der Waals surface area contributed by atoms with E-state index in [0.29, 0.717) is 12.0 Å². The van der Waals surface area contributed by atoms with Crippen molar-refractivity contribution in [3.63, 3.8) is 0 Å². The highest BCUT2D eigenvalue weighted by Crippen LogP contribution is 2.26. The van der Waals surface area contributed by atoms with Gasteiger partial charge in [0.2, 0.25) is 0 Å². The van der Waals surface area contributed by atoms with Crippen molar-refractivity contribution in [1.82, 2.24) is 4.98 Å². The van der Waals surface area contributed by atoms with Crippen molar-refractivity contribution >= 4 is 28.9 Å². The maximum absolute atomic E-state index is 12.5. The quantitative estimate of drug-likeness (QED) is 0.685. The van der Waals surface area contributed by atoms with Crippen LogP contribution in [0.5, 0.6) is 0 Å². The molecule has 0 aliphatic carbocycles. The summed E-state index contributed by atoms with van der Waals surface area (Å²) < 4.78 is 25.1. The SMILES string of the molecule is NCc1cc(C(F)F)c(I)c(C=O)n1. The number of carbonyl (C=O) groups is 1. The lowest BCUT2D eigenvalue weighted by atomic mass is 10.2. The molecule has 0 spiro atoms. The number of alkyl halides is 2. The number of nitrogens with two attached hydrogens (primary N) is 1. The molecule has 76 valence electrons. The molecule has 0 fully saturated rings. The lowest BCUT2D eigenvalue weighted by Crippen LogP contribution is -2.06. The Morgan fingerprint density at radius 3 is 2.71 bits per heavy atom. The van der Waals surface area contributed by atoms with Gasteiger partial charge in [-0.15, -0.1) is 0 Å². The Bertz CT molecular complexity index is 357. The molecule has 14 heavy (non-hydrogen) atoms. The maximum atomic E-state index is 12.5. The van der Waals surface area contributed by atoms with Gasteiger partial charge in [-0.1, -0.05) is 0 Å². The summed E-state index contributed by atoms with van der Waals surface area (Å²) >= 11 is 1.67. The molecule has 0 aliphatic heterocycles. The zero-order valence-electron chi connectivity index (χ0n) is 7.01. The summed E-state index contributed by atoms with van der Waals surface area (Å²) in [6, 6.07) is 1.22. The molecule has 0 radical (unpaired) electrons. The number of rotatable bonds is 3. The number of aldehydes is 1. The van der Waals surface area contributed by atoms with Crippen LogP contribution in [-0.4, -0.2) is 11.3 Å². The molecule has 1 aromatic rings. The number of carbonyl (C=O) groups excluding carboxylic acids is 1. The third-order valence-corrected chi connectivity index (χ3v) is 2.80. The number of halogens is 3. The second kappa shape index (κ2) is 4.74. The number of nitrogens with zero attached hydrogens (tertiary/aromatic N) is 1. The second-order valence-corrected chi connectivity index (χ2v) is 3.60. The fraction of sp³-hybridized carbons (Fsp3) is 0.250. The first kappa shape index (κ1) is 11.4. The largest absolute Gasteiger partial charge is 0.325 e. The van der Waals surface area contributed by atoms with Crippen LogP contribution < -0.4 is 5.73 Å². The normalized spacial score (nSPS) is 10.6. The average molecular weight is 312 g/mol. The van der Waals surface area contributed by atoms with Gasteiger partial charge in [0, 0.05) is 12.1 Å². The highest BCUT2D eigenvalue weighted by molar-refractivity contribution is 14.1. The lowest BCUT2D eigenvalue weighted by Gasteiger charge is -2.07. The summed E-state index contributed by atoms with van der Waals surface area (Å²) in [5.74, 6) is 0. The molecular formula is C8H7F2IN2O. The van der Waals surface area contributed by atoms with Crippen LogP contribution in [0.3, 0.4) is 0 Å². The summed E-state index contributed by atoms with van der Waals surface area (Å²) in [4.78, 5) is 14.3. The van der Waals surface area contributed by atoms with E-state index in [2.05, 4.69) is 4.98 Å². The van der Waals surface area contributed by atoms with E-state index in [1.165, 1.54) is 6.07 Å². The minimum atomic E-state index is -2.62. The second-order valence-electron chi connectivity index (χ2n) is 2.52. The van der Waals surface area contributed by atoms with Crippen LogP contribution >= 0.6 is 22.6 Å². The Hall–Kier alpha value is -0.630. The summed E-state index contributed by atoms with van der Waals surface area (Å²) in [6.07, 6.45) is -2.17. The number of hydrogen-bond donors (Lipinski definition) is 1. The van der Waals surface area contributed by atoms with Gasteiger partial charge in [0.05, 0.1) is 9.26 Å². The molecule has 0 saturated heterocycles. The van der Waals surface area contributed by atoms with Crippen LogP contribution in [0.4, 0.5) is 8.78 Å². The Morgan fingerprint density at radius 1 is 1.64 bits per heavy atom. The molecule has 0 saturated carbocycles. The molecule has 0 atom stereocenters. The van der Waals surface area contributed by atoms with Gasteiger partial charge >= 0.3 is 0 Å². The van der Waals surface area contributed by atoms with Gasteiger partial charge in [-0.05, 0) is 28.7 Å². The van der Waals surface area contributed by atoms with Gasteiger partial charge in [0.1, 0.15) is 5.69 Å². The van der Waals surface area contributed by atoms with E-state index in [1.807, 2.05) is 0 Å². The minimum absolute atomic E-state index is 0.0175. The standard InChI is InChI=1S/C8H7F2IN2O/c9-8(10)5-1-4(2-12)13-6(3-14)7(5)11/h1,3,8H,2,12H2. The molecule has 1 aromatic heterocycles. The maximum Gasteiger partial charge on any atom is 0.265 e. The van der Waals surface area contributed by atoms with Crippen molar-refractivity contribution in [2.75, 3.05) is 0 Å². The molecule has 1 heterocycles. The molecule has 0 unspecified atom stereocenters. The molecule has 6 heteroatoms.